The van der Waals surface area contributed by atoms with Crippen molar-refractivity contribution in [2.24, 2.45) is 0 Å². The lowest BCUT2D eigenvalue weighted by Crippen LogP contribution is -2.45. The average Bonchev–Trinajstić information content (AvgIpc) is 2.42. The molecule has 0 aromatic carbocycles. The maximum atomic E-state index is 6.28. The first-order valence-corrected chi connectivity index (χ1v) is 7.85. The number of likely N-dealkylation sites (N-methyl/N-ethyl adjacent to an activating group) is 2. The second-order valence-corrected chi connectivity index (χ2v) is 6.16. The Morgan fingerprint density at radius 3 is 2.80 bits per heavy atom. The lowest BCUT2D eigenvalue weighted by molar-refractivity contribution is 0.247. The molecule has 5 heteroatoms. The molecule has 1 aromatic heterocycles. The van der Waals surface area contributed by atoms with Gasteiger partial charge in [0, 0.05) is 31.6 Å². The summed E-state index contributed by atoms with van der Waals surface area (Å²) in [6.45, 7) is 6.42. The van der Waals surface area contributed by atoms with Gasteiger partial charge in [0.15, 0.2) is 0 Å². The standard InChI is InChI=1S/C15H25ClN4/c1-5-7-13-17-14(16)11(2)15(18-13)20(4)12-8-6-9-19(3)10-12/h12H,5-10H2,1-4H3. The van der Waals surface area contributed by atoms with Crippen molar-refractivity contribution in [1.82, 2.24) is 14.9 Å². The molecule has 112 valence electrons. The second kappa shape index (κ2) is 6.72. The van der Waals surface area contributed by atoms with Crippen molar-refractivity contribution in [1.29, 1.82) is 0 Å². The Balaban J connectivity index is 2.25. The van der Waals surface area contributed by atoms with Crippen LogP contribution in [-0.2, 0) is 6.42 Å². The summed E-state index contributed by atoms with van der Waals surface area (Å²) >= 11 is 6.28. The van der Waals surface area contributed by atoms with Crippen molar-refractivity contribution in [2.75, 3.05) is 32.1 Å². The van der Waals surface area contributed by atoms with Crippen LogP contribution >= 0.6 is 11.6 Å². The van der Waals surface area contributed by atoms with E-state index in [4.69, 9.17) is 16.6 Å². The van der Waals surface area contributed by atoms with E-state index in [1.165, 1.54) is 19.4 Å². The van der Waals surface area contributed by atoms with Crippen molar-refractivity contribution in [2.45, 2.75) is 45.6 Å². The molecular formula is C15H25ClN4. The molecule has 1 unspecified atom stereocenters. The summed E-state index contributed by atoms with van der Waals surface area (Å²) in [5.41, 5.74) is 0.988. The summed E-state index contributed by atoms with van der Waals surface area (Å²) in [6, 6.07) is 0.507. The third kappa shape index (κ3) is 3.41. The zero-order valence-corrected chi connectivity index (χ0v) is 13.7. The van der Waals surface area contributed by atoms with Crippen molar-refractivity contribution < 1.29 is 0 Å². The summed E-state index contributed by atoms with van der Waals surface area (Å²) in [5, 5.41) is 0.592. The number of likely N-dealkylation sites (tertiary alicyclic amines) is 1. The van der Waals surface area contributed by atoms with Gasteiger partial charge in [-0.05, 0) is 39.8 Å². The number of nitrogens with zero attached hydrogens (tertiary/aromatic N) is 4. The Hall–Kier alpha value is -0.870. The van der Waals surface area contributed by atoms with Crippen LogP contribution in [0.1, 0.15) is 37.6 Å². The minimum absolute atomic E-state index is 0.507. The lowest BCUT2D eigenvalue weighted by Gasteiger charge is -2.37. The van der Waals surface area contributed by atoms with E-state index < -0.39 is 0 Å². The third-order valence-electron chi connectivity index (χ3n) is 4.06. The molecule has 1 fully saturated rings. The Kier molecular flexibility index (Phi) is 5.22. The summed E-state index contributed by atoms with van der Waals surface area (Å²) in [5.74, 6) is 1.85. The lowest BCUT2D eigenvalue weighted by atomic mass is 10.0. The topological polar surface area (TPSA) is 32.3 Å². The molecular weight excluding hydrogens is 272 g/mol. The van der Waals surface area contributed by atoms with Gasteiger partial charge in [-0.3, -0.25) is 0 Å². The zero-order valence-electron chi connectivity index (χ0n) is 13.0. The highest BCUT2D eigenvalue weighted by molar-refractivity contribution is 6.30. The molecule has 1 aliphatic rings. The number of aromatic nitrogens is 2. The summed E-state index contributed by atoms with van der Waals surface area (Å²) in [4.78, 5) is 13.8. The normalized spacial score (nSPS) is 20.1. The maximum Gasteiger partial charge on any atom is 0.137 e. The van der Waals surface area contributed by atoms with Crippen LogP contribution in [0.5, 0.6) is 0 Å². The quantitative estimate of drug-likeness (QED) is 0.800. The van der Waals surface area contributed by atoms with Gasteiger partial charge >= 0.3 is 0 Å². The van der Waals surface area contributed by atoms with Crippen molar-refractivity contribution in [3.63, 3.8) is 0 Å². The molecule has 0 spiro atoms. The first-order valence-electron chi connectivity index (χ1n) is 7.47. The van der Waals surface area contributed by atoms with Gasteiger partial charge in [-0.25, -0.2) is 9.97 Å². The molecule has 0 radical (unpaired) electrons. The SMILES string of the molecule is CCCc1nc(Cl)c(C)c(N(C)C2CCCN(C)C2)n1. The highest BCUT2D eigenvalue weighted by Crippen LogP contribution is 2.26. The Bertz CT molecular complexity index is 463. The molecule has 0 aliphatic carbocycles. The van der Waals surface area contributed by atoms with E-state index >= 15 is 0 Å². The molecule has 0 N–H and O–H groups in total. The van der Waals surface area contributed by atoms with Crippen LogP contribution in [0.15, 0.2) is 0 Å². The van der Waals surface area contributed by atoms with Crippen molar-refractivity contribution in [3.05, 3.63) is 16.5 Å². The van der Waals surface area contributed by atoms with E-state index in [0.29, 0.717) is 11.2 Å². The minimum Gasteiger partial charge on any atom is -0.355 e. The van der Waals surface area contributed by atoms with Gasteiger partial charge in [0.25, 0.3) is 0 Å². The highest BCUT2D eigenvalue weighted by atomic mass is 35.5. The third-order valence-corrected chi connectivity index (χ3v) is 4.43. The number of anilines is 1. The Morgan fingerprint density at radius 1 is 1.40 bits per heavy atom. The van der Waals surface area contributed by atoms with E-state index in [0.717, 1.165) is 36.6 Å². The fourth-order valence-electron chi connectivity index (χ4n) is 2.83. The van der Waals surface area contributed by atoms with Gasteiger partial charge in [-0.1, -0.05) is 18.5 Å². The monoisotopic (exact) mass is 296 g/mol. The average molecular weight is 297 g/mol. The minimum atomic E-state index is 0.507. The van der Waals surface area contributed by atoms with Crippen LogP contribution in [0, 0.1) is 6.92 Å². The van der Waals surface area contributed by atoms with E-state index in [-0.39, 0.29) is 0 Å². The van der Waals surface area contributed by atoms with Gasteiger partial charge in [-0.2, -0.15) is 0 Å². The highest BCUT2D eigenvalue weighted by Gasteiger charge is 2.24. The van der Waals surface area contributed by atoms with Crippen LogP contribution in [-0.4, -0.2) is 48.1 Å². The van der Waals surface area contributed by atoms with Crippen LogP contribution < -0.4 is 4.90 Å². The molecule has 2 heterocycles. The first kappa shape index (κ1) is 15.5. The van der Waals surface area contributed by atoms with Crippen molar-refractivity contribution >= 4 is 17.4 Å². The van der Waals surface area contributed by atoms with Gasteiger partial charge in [0.2, 0.25) is 0 Å². The number of hydrogen-bond donors (Lipinski definition) is 0. The molecule has 1 aliphatic heterocycles. The predicted molar refractivity (Wildman–Crippen MR) is 84.7 cm³/mol. The molecule has 4 nitrogen and oxygen atoms in total. The van der Waals surface area contributed by atoms with Crippen LogP contribution in [0.2, 0.25) is 5.15 Å². The summed E-state index contributed by atoms with van der Waals surface area (Å²) in [6.07, 6.45) is 4.37. The van der Waals surface area contributed by atoms with Crippen LogP contribution in [0.3, 0.4) is 0 Å². The molecule has 20 heavy (non-hydrogen) atoms. The molecule has 2 rings (SSSR count). The Labute approximate surface area is 127 Å². The van der Waals surface area contributed by atoms with Gasteiger partial charge in [0.1, 0.15) is 16.8 Å². The maximum absolute atomic E-state index is 6.28. The second-order valence-electron chi connectivity index (χ2n) is 5.80. The van der Waals surface area contributed by atoms with E-state index in [1.807, 2.05) is 6.92 Å². The summed E-state index contributed by atoms with van der Waals surface area (Å²) in [7, 11) is 4.31. The fourth-order valence-corrected chi connectivity index (χ4v) is 3.01. The molecule has 1 aromatic rings. The molecule has 0 bridgehead atoms. The van der Waals surface area contributed by atoms with E-state index in [2.05, 4.69) is 35.8 Å². The molecule has 1 atom stereocenters. The predicted octanol–water partition coefficient (Wildman–Crippen LogP) is 2.92. The van der Waals surface area contributed by atoms with E-state index in [9.17, 15) is 0 Å². The van der Waals surface area contributed by atoms with Gasteiger partial charge in [-0.15, -0.1) is 0 Å². The molecule has 0 saturated carbocycles. The number of piperidine rings is 1. The largest absolute Gasteiger partial charge is 0.355 e. The van der Waals surface area contributed by atoms with Gasteiger partial charge in [0.05, 0.1) is 0 Å². The number of aryl methyl sites for hydroxylation is 1. The number of rotatable bonds is 4. The van der Waals surface area contributed by atoms with Crippen LogP contribution in [0.25, 0.3) is 0 Å². The van der Waals surface area contributed by atoms with Gasteiger partial charge < -0.3 is 9.80 Å². The smallest absolute Gasteiger partial charge is 0.137 e. The zero-order chi connectivity index (χ0) is 14.7. The molecule has 1 saturated heterocycles. The number of halogens is 1. The molecule has 0 amide bonds. The number of hydrogen-bond acceptors (Lipinski definition) is 4. The van der Waals surface area contributed by atoms with Crippen molar-refractivity contribution in [3.8, 4) is 0 Å². The Morgan fingerprint density at radius 2 is 2.15 bits per heavy atom. The first-order chi connectivity index (χ1) is 9.52. The van der Waals surface area contributed by atoms with Crippen LogP contribution in [0.4, 0.5) is 5.82 Å². The summed E-state index contributed by atoms with van der Waals surface area (Å²) < 4.78 is 0. The van der Waals surface area contributed by atoms with E-state index in [1.54, 1.807) is 0 Å². The fraction of sp³-hybridized carbons (Fsp3) is 0.733.